The molecule has 1 aromatic heterocycles. The molecule has 0 fully saturated rings. The molecule has 0 spiro atoms. The summed E-state index contributed by atoms with van der Waals surface area (Å²) < 4.78 is 5.59. The van der Waals surface area contributed by atoms with E-state index in [1.165, 1.54) is 4.79 Å². The Labute approximate surface area is 152 Å². The largest absolute Gasteiger partial charge is 0.402 e. The Kier molecular flexibility index (Phi) is 4.93. The summed E-state index contributed by atoms with van der Waals surface area (Å²) in [6.45, 7) is 7.65. The van der Waals surface area contributed by atoms with Crippen molar-refractivity contribution in [2.24, 2.45) is 5.10 Å². The van der Waals surface area contributed by atoms with E-state index in [0.29, 0.717) is 11.1 Å². The number of aryl methyl sites for hydroxylation is 3. The highest BCUT2D eigenvalue weighted by Crippen LogP contribution is 2.11. The van der Waals surface area contributed by atoms with Crippen LogP contribution in [-0.2, 0) is 4.74 Å². The van der Waals surface area contributed by atoms with E-state index in [-0.39, 0.29) is 5.90 Å². The molecule has 2 aromatic carbocycles. The molecule has 3 aromatic rings. The van der Waals surface area contributed by atoms with E-state index in [0.717, 1.165) is 22.5 Å². The third-order valence-corrected chi connectivity index (χ3v) is 4.06. The summed E-state index contributed by atoms with van der Waals surface area (Å²) in [7, 11) is 0. The highest BCUT2D eigenvalue weighted by molar-refractivity contribution is 6.05. The number of benzene rings is 2. The molecule has 0 N–H and O–H groups in total. The highest BCUT2D eigenvalue weighted by atomic mass is 16.5. The molecule has 132 valence electrons. The maximum atomic E-state index is 12.5. The molecule has 0 radical (unpaired) electrons. The van der Waals surface area contributed by atoms with Gasteiger partial charge < -0.3 is 4.74 Å². The normalized spacial score (nSPS) is 11.5. The Morgan fingerprint density at radius 2 is 1.42 bits per heavy atom. The van der Waals surface area contributed by atoms with Crippen molar-refractivity contribution in [2.45, 2.75) is 27.7 Å². The molecular formula is C20H20N4O2. The van der Waals surface area contributed by atoms with Crippen LogP contribution in [0.2, 0.25) is 0 Å². The minimum Gasteiger partial charge on any atom is -0.402 e. The van der Waals surface area contributed by atoms with Crippen LogP contribution in [-0.4, -0.2) is 27.0 Å². The lowest BCUT2D eigenvalue weighted by Gasteiger charge is -2.09. The van der Waals surface area contributed by atoms with Crippen LogP contribution < -0.4 is 0 Å². The first kappa shape index (κ1) is 17.5. The van der Waals surface area contributed by atoms with Gasteiger partial charge in [0.2, 0.25) is 5.90 Å². The molecule has 3 rings (SSSR count). The maximum absolute atomic E-state index is 12.5. The fourth-order valence-corrected chi connectivity index (χ4v) is 2.24. The van der Waals surface area contributed by atoms with Gasteiger partial charge in [0, 0.05) is 5.56 Å². The van der Waals surface area contributed by atoms with Crippen molar-refractivity contribution in [3.63, 3.8) is 0 Å². The number of aromatic nitrogens is 3. The average Bonchev–Trinajstić information content (AvgIpc) is 2.94. The van der Waals surface area contributed by atoms with Gasteiger partial charge in [-0.3, -0.25) is 0 Å². The second-order valence-electron chi connectivity index (χ2n) is 6.18. The van der Waals surface area contributed by atoms with E-state index in [2.05, 4.69) is 15.4 Å². The predicted molar refractivity (Wildman–Crippen MR) is 99.2 cm³/mol. The first-order chi connectivity index (χ1) is 12.4. The molecule has 0 bridgehead atoms. The lowest BCUT2D eigenvalue weighted by atomic mass is 10.1. The molecule has 0 atom stereocenters. The van der Waals surface area contributed by atoms with Crippen LogP contribution in [0, 0.1) is 27.7 Å². The number of hydrogen-bond donors (Lipinski definition) is 0. The van der Waals surface area contributed by atoms with Gasteiger partial charge in [0.15, 0.2) is 0 Å². The van der Waals surface area contributed by atoms with Gasteiger partial charge in [0.05, 0.1) is 17.0 Å². The van der Waals surface area contributed by atoms with E-state index in [1.54, 1.807) is 12.1 Å². The molecule has 0 saturated carbocycles. The van der Waals surface area contributed by atoms with Gasteiger partial charge in [-0.2, -0.15) is 0 Å². The van der Waals surface area contributed by atoms with Crippen molar-refractivity contribution < 1.29 is 9.53 Å². The quantitative estimate of drug-likeness (QED) is 0.412. The molecule has 0 aliphatic heterocycles. The zero-order valence-corrected chi connectivity index (χ0v) is 15.2. The van der Waals surface area contributed by atoms with Crippen molar-refractivity contribution in [3.8, 4) is 0 Å². The van der Waals surface area contributed by atoms with Crippen molar-refractivity contribution in [2.75, 3.05) is 0 Å². The average molecular weight is 348 g/mol. The zero-order valence-electron chi connectivity index (χ0n) is 15.2. The number of carbonyl (C=O) groups is 1. The lowest BCUT2D eigenvalue weighted by Crippen LogP contribution is -2.16. The number of rotatable bonds is 3. The molecule has 0 unspecified atom stereocenters. The fraction of sp³-hybridized carbons (Fsp3) is 0.200. The number of hydrogen-bond acceptors (Lipinski definition) is 5. The number of esters is 1. The van der Waals surface area contributed by atoms with Crippen LogP contribution in [0.1, 0.15) is 38.4 Å². The van der Waals surface area contributed by atoms with Gasteiger partial charge in [-0.05, 0) is 57.2 Å². The Balaban J connectivity index is 1.97. The van der Waals surface area contributed by atoms with Gasteiger partial charge in [0.25, 0.3) is 0 Å². The second-order valence-corrected chi connectivity index (χ2v) is 6.18. The summed E-state index contributed by atoms with van der Waals surface area (Å²) >= 11 is 0. The standard InChI is InChI=1S/C20H20N4O2/c1-13-5-9-17(10-6-13)19(22-24-16(4)15(3)21-23-24)26-20(25)18-11-7-14(2)8-12-18/h5-12H,1-4H3. The first-order valence-electron chi connectivity index (χ1n) is 8.28. The summed E-state index contributed by atoms with van der Waals surface area (Å²) in [6, 6.07) is 14.8. The summed E-state index contributed by atoms with van der Waals surface area (Å²) in [4.78, 5) is 13.9. The van der Waals surface area contributed by atoms with Gasteiger partial charge in [0.1, 0.15) is 0 Å². The van der Waals surface area contributed by atoms with Crippen LogP contribution >= 0.6 is 0 Å². The first-order valence-corrected chi connectivity index (χ1v) is 8.28. The third kappa shape index (κ3) is 3.85. The van der Waals surface area contributed by atoms with E-state index in [9.17, 15) is 4.79 Å². The summed E-state index contributed by atoms with van der Waals surface area (Å²) in [5.74, 6) is -0.303. The third-order valence-electron chi connectivity index (χ3n) is 4.06. The van der Waals surface area contributed by atoms with Crippen LogP contribution in [0.5, 0.6) is 0 Å². The minimum atomic E-state index is -0.473. The van der Waals surface area contributed by atoms with Crippen molar-refractivity contribution in [3.05, 3.63) is 82.2 Å². The molecule has 6 heteroatoms. The molecule has 0 saturated heterocycles. The van der Waals surface area contributed by atoms with Crippen LogP contribution in [0.25, 0.3) is 0 Å². The van der Waals surface area contributed by atoms with Crippen molar-refractivity contribution in [1.82, 2.24) is 15.1 Å². The number of ether oxygens (including phenoxy) is 1. The van der Waals surface area contributed by atoms with Crippen LogP contribution in [0.4, 0.5) is 0 Å². The second kappa shape index (κ2) is 7.31. The van der Waals surface area contributed by atoms with Gasteiger partial charge in [-0.15, -0.1) is 15.0 Å². The Morgan fingerprint density at radius 3 is 1.92 bits per heavy atom. The fourth-order valence-electron chi connectivity index (χ4n) is 2.24. The van der Waals surface area contributed by atoms with Crippen molar-refractivity contribution >= 4 is 11.9 Å². The Hall–Kier alpha value is -3.28. The molecule has 6 nitrogen and oxygen atoms in total. The molecular weight excluding hydrogens is 328 g/mol. The van der Waals surface area contributed by atoms with Crippen LogP contribution in [0.15, 0.2) is 53.6 Å². The van der Waals surface area contributed by atoms with E-state index >= 15 is 0 Å². The highest BCUT2D eigenvalue weighted by Gasteiger charge is 2.15. The molecule has 1 heterocycles. The SMILES string of the molecule is Cc1ccc(C(=O)OC(=Nn2nnc(C)c2C)c2ccc(C)cc2)cc1. The monoisotopic (exact) mass is 348 g/mol. The van der Waals surface area contributed by atoms with Gasteiger partial charge in [-0.25, -0.2) is 4.79 Å². The molecule has 0 amide bonds. The number of nitrogens with zero attached hydrogens (tertiary/aromatic N) is 4. The maximum Gasteiger partial charge on any atom is 0.344 e. The van der Waals surface area contributed by atoms with E-state index in [4.69, 9.17) is 4.74 Å². The Bertz CT molecular complexity index is 954. The topological polar surface area (TPSA) is 69.4 Å². The zero-order chi connectivity index (χ0) is 18.7. The molecule has 26 heavy (non-hydrogen) atoms. The smallest absolute Gasteiger partial charge is 0.344 e. The van der Waals surface area contributed by atoms with Crippen molar-refractivity contribution in [1.29, 1.82) is 0 Å². The van der Waals surface area contributed by atoms with E-state index < -0.39 is 5.97 Å². The summed E-state index contributed by atoms with van der Waals surface area (Å²) in [6.07, 6.45) is 0. The Morgan fingerprint density at radius 1 is 0.885 bits per heavy atom. The minimum absolute atomic E-state index is 0.170. The summed E-state index contributed by atoms with van der Waals surface area (Å²) in [5.41, 5.74) is 4.86. The van der Waals surface area contributed by atoms with Gasteiger partial charge in [-0.1, -0.05) is 35.4 Å². The molecule has 0 aliphatic rings. The lowest BCUT2D eigenvalue weighted by molar-refractivity contribution is 0.0716. The molecule has 0 aliphatic carbocycles. The van der Waals surface area contributed by atoms with Gasteiger partial charge >= 0.3 is 5.97 Å². The summed E-state index contributed by atoms with van der Waals surface area (Å²) in [5, 5.41) is 12.3. The van der Waals surface area contributed by atoms with Crippen LogP contribution in [0.3, 0.4) is 0 Å². The predicted octanol–water partition coefficient (Wildman–Crippen LogP) is 3.58. The van der Waals surface area contributed by atoms with E-state index in [1.807, 2.05) is 64.1 Å². The number of carbonyl (C=O) groups excluding carboxylic acids is 1.